The maximum atomic E-state index is 13.2. The lowest BCUT2D eigenvalue weighted by Gasteiger charge is -2.31. The average molecular weight is 472 g/mol. The number of aromatic nitrogens is 1. The highest BCUT2D eigenvalue weighted by molar-refractivity contribution is 7.93. The highest BCUT2D eigenvalue weighted by Gasteiger charge is 2.29. The molecule has 0 aliphatic carbocycles. The zero-order chi connectivity index (χ0) is 22.7. The first kappa shape index (κ1) is 22.1. The number of carbonyl (C=O) groups excluding carboxylic acids is 1. The molecular weight excluding hydrogens is 448 g/mol. The Morgan fingerprint density at radius 1 is 0.969 bits per heavy atom. The fourth-order valence-electron chi connectivity index (χ4n) is 3.67. The first-order valence-electron chi connectivity index (χ1n) is 10.2. The van der Waals surface area contributed by atoms with Crippen LogP contribution in [0.25, 0.3) is 0 Å². The first-order chi connectivity index (χ1) is 15.4. The molecule has 2 aromatic carbocycles. The fourth-order valence-corrected chi connectivity index (χ4v) is 5.37. The number of halogens is 1. The fraction of sp³-hybridized carbons (Fsp3) is 0.217. The van der Waals surface area contributed by atoms with Crippen LogP contribution in [0, 0.1) is 0 Å². The van der Waals surface area contributed by atoms with Gasteiger partial charge in [-0.2, -0.15) is 0 Å². The predicted octanol–water partition coefficient (Wildman–Crippen LogP) is 2.94. The molecule has 0 radical (unpaired) electrons. The van der Waals surface area contributed by atoms with Crippen molar-refractivity contribution in [3.8, 4) is 0 Å². The summed E-state index contributed by atoms with van der Waals surface area (Å²) in [5, 5.41) is 0.0776. The second-order valence-corrected chi connectivity index (χ2v) is 9.83. The van der Waals surface area contributed by atoms with Crippen molar-refractivity contribution in [2.45, 2.75) is 4.90 Å². The van der Waals surface area contributed by atoms with Crippen molar-refractivity contribution in [1.82, 2.24) is 4.90 Å². The smallest absolute Gasteiger partial charge is 0.274 e. The molecule has 1 aliphatic rings. The number of benzene rings is 2. The van der Waals surface area contributed by atoms with Crippen LogP contribution in [-0.2, 0) is 10.0 Å². The minimum absolute atomic E-state index is 0.0776. The van der Waals surface area contributed by atoms with E-state index in [-0.39, 0.29) is 15.8 Å². The van der Waals surface area contributed by atoms with E-state index >= 15 is 0 Å². The lowest BCUT2D eigenvalue weighted by molar-refractivity contribution is -0.364. The highest BCUT2D eigenvalue weighted by Crippen LogP contribution is 2.29. The molecule has 166 valence electrons. The van der Waals surface area contributed by atoms with Crippen LogP contribution in [0.3, 0.4) is 0 Å². The Kier molecular flexibility index (Phi) is 6.34. The summed E-state index contributed by atoms with van der Waals surface area (Å²) in [7, 11) is -2.47. The molecule has 2 heterocycles. The van der Waals surface area contributed by atoms with Gasteiger partial charge in [-0.15, -0.1) is 0 Å². The number of hydrogen-bond acceptors (Lipinski definition) is 4. The van der Waals surface area contributed by atoms with Crippen LogP contribution in [0.5, 0.6) is 0 Å². The number of nitrogens with one attached hydrogen (secondary N) is 1. The van der Waals surface area contributed by atoms with Gasteiger partial charge in [-0.1, -0.05) is 35.9 Å². The highest BCUT2D eigenvalue weighted by atomic mass is 35.5. The average Bonchev–Trinajstić information content (AvgIpc) is 2.84. The third kappa shape index (κ3) is 4.42. The summed E-state index contributed by atoms with van der Waals surface area (Å²) in [6.45, 7) is 2.44. The van der Waals surface area contributed by atoms with Gasteiger partial charge in [-0.25, -0.2) is 13.4 Å². The van der Waals surface area contributed by atoms with Crippen molar-refractivity contribution in [3.05, 3.63) is 83.5 Å². The quantitative estimate of drug-likeness (QED) is 0.573. The predicted molar refractivity (Wildman–Crippen MR) is 125 cm³/mol. The SMILES string of the molecule is CN(c1ccccc1)S(=O)(=O)c1cc(C(=O)N2CCN(c3cccc[nH+]3)CC2)ccc1Cl. The van der Waals surface area contributed by atoms with Gasteiger partial charge in [0.15, 0.2) is 0 Å². The zero-order valence-electron chi connectivity index (χ0n) is 17.6. The van der Waals surface area contributed by atoms with Gasteiger partial charge in [-0.3, -0.25) is 14.0 Å². The standard InChI is InChI=1S/C23H23ClN4O3S/c1-26(19-7-3-2-4-8-19)32(30,31)21-17-18(10-11-20(21)24)23(29)28-15-13-27(14-16-28)22-9-5-6-12-25-22/h2-12,17H,13-16H2,1H3/p+1. The summed E-state index contributed by atoms with van der Waals surface area (Å²) in [5.74, 6) is 0.792. The van der Waals surface area contributed by atoms with E-state index in [0.29, 0.717) is 37.4 Å². The van der Waals surface area contributed by atoms with Gasteiger partial charge in [0.05, 0.1) is 30.0 Å². The van der Waals surface area contributed by atoms with Gasteiger partial charge in [0.2, 0.25) is 0 Å². The maximum Gasteiger partial charge on any atom is 0.274 e. The Morgan fingerprint density at radius 3 is 2.31 bits per heavy atom. The van der Waals surface area contributed by atoms with Crippen molar-refractivity contribution < 1.29 is 18.2 Å². The number of pyridine rings is 1. The number of sulfonamides is 1. The molecule has 32 heavy (non-hydrogen) atoms. The Hall–Kier alpha value is -3.10. The number of rotatable bonds is 5. The second kappa shape index (κ2) is 9.18. The Labute approximate surface area is 192 Å². The first-order valence-corrected chi connectivity index (χ1v) is 12.0. The van der Waals surface area contributed by atoms with E-state index in [2.05, 4.69) is 9.88 Å². The second-order valence-electron chi connectivity index (χ2n) is 7.48. The third-order valence-electron chi connectivity index (χ3n) is 5.54. The summed E-state index contributed by atoms with van der Waals surface area (Å²) in [4.78, 5) is 20.2. The monoisotopic (exact) mass is 471 g/mol. The lowest BCUT2D eigenvalue weighted by atomic mass is 10.2. The number of carbonyl (C=O) groups is 1. The number of hydrogen-bond donors (Lipinski definition) is 0. The van der Waals surface area contributed by atoms with E-state index < -0.39 is 10.0 Å². The number of aromatic amines is 1. The van der Waals surface area contributed by atoms with Gasteiger partial charge in [0.1, 0.15) is 18.0 Å². The van der Waals surface area contributed by atoms with Gasteiger partial charge >= 0.3 is 0 Å². The van der Waals surface area contributed by atoms with E-state index in [1.165, 1.54) is 19.2 Å². The van der Waals surface area contributed by atoms with Crippen LogP contribution in [0.1, 0.15) is 10.4 Å². The molecule has 1 aromatic heterocycles. The maximum absolute atomic E-state index is 13.2. The van der Waals surface area contributed by atoms with E-state index in [4.69, 9.17) is 11.6 Å². The van der Waals surface area contributed by atoms with Crippen molar-refractivity contribution >= 4 is 39.0 Å². The molecule has 0 unspecified atom stereocenters. The lowest BCUT2D eigenvalue weighted by Crippen LogP contribution is -2.50. The molecule has 1 saturated heterocycles. The minimum Gasteiger partial charge on any atom is -0.331 e. The summed E-state index contributed by atoms with van der Waals surface area (Å²) < 4.78 is 27.6. The van der Waals surface area contributed by atoms with Crippen molar-refractivity contribution in [2.75, 3.05) is 42.4 Å². The zero-order valence-corrected chi connectivity index (χ0v) is 19.2. The summed E-state index contributed by atoms with van der Waals surface area (Å²) >= 11 is 6.25. The molecule has 7 nitrogen and oxygen atoms in total. The van der Waals surface area contributed by atoms with Crippen molar-refractivity contribution in [1.29, 1.82) is 0 Å². The number of piperazine rings is 1. The number of anilines is 2. The molecule has 0 spiro atoms. The van der Waals surface area contributed by atoms with Gasteiger partial charge < -0.3 is 4.90 Å². The minimum atomic E-state index is -3.94. The Bertz CT molecular complexity index is 1200. The largest absolute Gasteiger partial charge is 0.331 e. The van der Waals surface area contributed by atoms with Crippen LogP contribution in [0.4, 0.5) is 11.5 Å². The molecular formula is C23H24ClN4O3S+. The van der Waals surface area contributed by atoms with Crippen LogP contribution < -0.4 is 14.2 Å². The summed E-state index contributed by atoms with van der Waals surface area (Å²) in [6.07, 6.45) is 1.87. The molecule has 0 saturated carbocycles. The molecule has 1 fully saturated rings. The van der Waals surface area contributed by atoms with Crippen LogP contribution in [0.2, 0.25) is 5.02 Å². The number of H-pyrrole nitrogens is 1. The molecule has 0 bridgehead atoms. The number of para-hydroxylation sites is 1. The molecule has 1 N–H and O–H groups in total. The number of amides is 1. The van der Waals surface area contributed by atoms with Crippen LogP contribution in [-0.4, -0.2) is 52.5 Å². The number of nitrogens with zero attached hydrogens (tertiary/aromatic N) is 3. The van der Waals surface area contributed by atoms with Crippen molar-refractivity contribution in [3.63, 3.8) is 0 Å². The topological polar surface area (TPSA) is 75.1 Å². The Morgan fingerprint density at radius 2 is 1.66 bits per heavy atom. The Balaban J connectivity index is 1.53. The molecule has 0 atom stereocenters. The molecule has 3 aromatic rings. The third-order valence-corrected chi connectivity index (χ3v) is 7.80. The molecule has 1 amide bonds. The van der Waals surface area contributed by atoms with E-state index in [1.54, 1.807) is 35.2 Å². The van der Waals surface area contributed by atoms with E-state index in [0.717, 1.165) is 10.1 Å². The molecule has 4 rings (SSSR count). The normalized spacial score (nSPS) is 14.3. The molecule has 1 aliphatic heterocycles. The van der Waals surface area contributed by atoms with Gasteiger partial charge in [0.25, 0.3) is 21.7 Å². The van der Waals surface area contributed by atoms with Crippen molar-refractivity contribution in [2.24, 2.45) is 0 Å². The van der Waals surface area contributed by atoms with E-state index in [9.17, 15) is 13.2 Å². The van der Waals surface area contributed by atoms with E-state index in [1.807, 2.05) is 30.5 Å². The summed E-state index contributed by atoms with van der Waals surface area (Å²) in [5.41, 5.74) is 0.809. The van der Waals surface area contributed by atoms with Crippen LogP contribution in [0.15, 0.2) is 77.8 Å². The van der Waals surface area contributed by atoms with Gasteiger partial charge in [0, 0.05) is 18.7 Å². The summed E-state index contributed by atoms with van der Waals surface area (Å²) in [6, 6.07) is 19.0. The van der Waals surface area contributed by atoms with Crippen LogP contribution >= 0.6 is 11.6 Å². The van der Waals surface area contributed by atoms with Gasteiger partial charge in [-0.05, 0) is 36.4 Å². The molecule has 9 heteroatoms.